The molecule has 2 atom stereocenters. The van der Waals surface area contributed by atoms with Crippen LogP contribution in [0.2, 0.25) is 5.02 Å². The lowest BCUT2D eigenvalue weighted by atomic mass is 10.1. The van der Waals surface area contributed by atoms with Gasteiger partial charge in [-0.1, -0.05) is 30.7 Å². The molecule has 3 nitrogen and oxygen atoms in total. The van der Waals surface area contributed by atoms with Crippen LogP contribution in [0.25, 0.3) is 0 Å². The topological polar surface area (TPSA) is 30.5 Å². The first kappa shape index (κ1) is 14.8. The van der Waals surface area contributed by atoms with Crippen LogP contribution in [0.5, 0.6) is 0 Å². The highest BCUT2D eigenvalue weighted by Crippen LogP contribution is 2.21. The van der Waals surface area contributed by atoms with Gasteiger partial charge in [0.25, 0.3) is 0 Å². The lowest BCUT2D eigenvalue weighted by molar-refractivity contribution is -0.0208. The normalized spacial score (nSPS) is 20.6. The monoisotopic (exact) mass is 283 g/mol. The summed E-state index contributed by atoms with van der Waals surface area (Å²) in [5, 5.41) is 4.09. The minimum absolute atomic E-state index is 0.0569. The molecule has 1 saturated heterocycles. The zero-order valence-electron chi connectivity index (χ0n) is 11.4. The van der Waals surface area contributed by atoms with Gasteiger partial charge in [-0.05, 0) is 37.1 Å². The van der Waals surface area contributed by atoms with Crippen molar-refractivity contribution in [3.05, 3.63) is 34.9 Å². The Bertz CT molecular complexity index is 363. The minimum Gasteiger partial charge on any atom is -0.376 e. The Labute approximate surface area is 120 Å². The van der Waals surface area contributed by atoms with E-state index in [-0.39, 0.29) is 12.2 Å². The summed E-state index contributed by atoms with van der Waals surface area (Å²) in [5.41, 5.74) is 1.16. The van der Waals surface area contributed by atoms with E-state index in [1.807, 2.05) is 24.3 Å². The summed E-state index contributed by atoms with van der Waals surface area (Å²) in [6.45, 7) is 5.38. The molecule has 1 aliphatic rings. The molecule has 1 heterocycles. The van der Waals surface area contributed by atoms with Crippen molar-refractivity contribution >= 4 is 11.6 Å². The SMILES string of the molecule is CCNCC(OCC1CCCO1)c1ccc(Cl)cc1. The molecule has 0 spiro atoms. The molecule has 0 bridgehead atoms. The van der Waals surface area contributed by atoms with Crippen LogP contribution in [0.3, 0.4) is 0 Å². The van der Waals surface area contributed by atoms with E-state index < -0.39 is 0 Å². The second-order valence-corrected chi connectivity index (χ2v) is 5.25. The molecule has 0 amide bonds. The second kappa shape index (κ2) is 7.85. The van der Waals surface area contributed by atoms with Gasteiger partial charge in [0.05, 0.1) is 18.8 Å². The summed E-state index contributed by atoms with van der Waals surface area (Å²) in [4.78, 5) is 0. The van der Waals surface area contributed by atoms with Crippen LogP contribution in [0.4, 0.5) is 0 Å². The first-order chi connectivity index (χ1) is 9.29. The summed E-state index contributed by atoms with van der Waals surface area (Å²) in [5.74, 6) is 0. The smallest absolute Gasteiger partial charge is 0.0950 e. The molecule has 1 aromatic carbocycles. The molecule has 1 aromatic rings. The zero-order chi connectivity index (χ0) is 13.5. The fraction of sp³-hybridized carbons (Fsp3) is 0.600. The van der Waals surface area contributed by atoms with Crippen LogP contribution >= 0.6 is 11.6 Å². The number of hydrogen-bond donors (Lipinski definition) is 1. The molecule has 2 unspecified atom stereocenters. The van der Waals surface area contributed by atoms with Gasteiger partial charge in [-0.2, -0.15) is 0 Å². The van der Waals surface area contributed by atoms with E-state index in [9.17, 15) is 0 Å². The lowest BCUT2D eigenvalue weighted by Gasteiger charge is -2.21. The molecule has 1 aliphatic heterocycles. The van der Waals surface area contributed by atoms with E-state index >= 15 is 0 Å². The van der Waals surface area contributed by atoms with Gasteiger partial charge in [-0.25, -0.2) is 0 Å². The van der Waals surface area contributed by atoms with Gasteiger partial charge in [0, 0.05) is 18.2 Å². The molecule has 19 heavy (non-hydrogen) atoms. The predicted octanol–water partition coefficient (Wildman–Crippen LogP) is 3.19. The number of halogens is 1. The van der Waals surface area contributed by atoms with Crippen LogP contribution in [0, 0.1) is 0 Å². The van der Waals surface area contributed by atoms with Gasteiger partial charge in [0.2, 0.25) is 0 Å². The number of nitrogens with one attached hydrogen (secondary N) is 1. The number of ether oxygens (including phenoxy) is 2. The summed E-state index contributed by atoms with van der Waals surface area (Å²) in [6, 6.07) is 7.87. The van der Waals surface area contributed by atoms with Crippen LogP contribution in [-0.4, -0.2) is 32.4 Å². The van der Waals surface area contributed by atoms with Gasteiger partial charge < -0.3 is 14.8 Å². The molecule has 0 radical (unpaired) electrons. The van der Waals surface area contributed by atoms with Crippen LogP contribution < -0.4 is 5.32 Å². The molecular weight excluding hydrogens is 262 g/mol. The van der Waals surface area contributed by atoms with Gasteiger partial charge >= 0.3 is 0 Å². The molecule has 2 rings (SSSR count). The highest BCUT2D eigenvalue weighted by atomic mass is 35.5. The first-order valence-corrected chi connectivity index (χ1v) is 7.36. The third-order valence-electron chi connectivity index (χ3n) is 3.33. The highest BCUT2D eigenvalue weighted by molar-refractivity contribution is 6.30. The summed E-state index contributed by atoms with van der Waals surface area (Å²) in [6.07, 6.45) is 2.57. The molecule has 0 saturated carbocycles. The molecular formula is C15H22ClNO2. The molecule has 0 aliphatic carbocycles. The number of rotatable bonds is 7. The van der Waals surface area contributed by atoms with Crippen molar-refractivity contribution in [3.63, 3.8) is 0 Å². The number of hydrogen-bond acceptors (Lipinski definition) is 3. The summed E-state index contributed by atoms with van der Waals surface area (Å²) < 4.78 is 11.6. The van der Waals surface area contributed by atoms with E-state index in [0.29, 0.717) is 6.61 Å². The van der Waals surface area contributed by atoms with Crippen molar-refractivity contribution in [1.82, 2.24) is 5.32 Å². The highest BCUT2D eigenvalue weighted by Gasteiger charge is 2.19. The van der Waals surface area contributed by atoms with Crippen molar-refractivity contribution in [1.29, 1.82) is 0 Å². The van der Waals surface area contributed by atoms with Crippen molar-refractivity contribution in [2.45, 2.75) is 32.0 Å². The van der Waals surface area contributed by atoms with Crippen molar-refractivity contribution in [2.24, 2.45) is 0 Å². The molecule has 0 aromatic heterocycles. The maximum absolute atomic E-state index is 6.02. The lowest BCUT2D eigenvalue weighted by Crippen LogP contribution is -2.26. The van der Waals surface area contributed by atoms with Crippen molar-refractivity contribution < 1.29 is 9.47 Å². The van der Waals surface area contributed by atoms with E-state index in [1.165, 1.54) is 0 Å². The standard InChI is InChI=1S/C15H22ClNO2/c1-2-17-10-15(12-5-7-13(16)8-6-12)19-11-14-4-3-9-18-14/h5-8,14-15,17H,2-4,9-11H2,1H3. The maximum atomic E-state index is 6.02. The van der Waals surface area contributed by atoms with Crippen LogP contribution in [0.15, 0.2) is 24.3 Å². The van der Waals surface area contributed by atoms with Gasteiger partial charge in [0.1, 0.15) is 0 Å². The van der Waals surface area contributed by atoms with E-state index in [4.69, 9.17) is 21.1 Å². The molecule has 4 heteroatoms. The van der Waals surface area contributed by atoms with Crippen LogP contribution in [-0.2, 0) is 9.47 Å². The quantitative estimate of drug-likeness (QED) is 0.834. The van der Waals surface area contributed by atoms with Crippen molar-refractivity contribution in [3.8, 4) is 0 Å². The minimum atomic E-state index is 0.0569. The van der Waals surface area contributed by atoms with E-state index in [1.54, 1.807) is 0 Å². The van der Waals surface area contributed by atoms with Gasteiger partial charge in [-0.3, -0.25) is 0 Å². The second-order valence-electron chi connectivity index (χ2n) is 4.82. The van der Waals surface area contributed by atoms with Gasteiger partial charge in [-0.15, -0.1) is 0 Å². The molecule has 1 fully saturated rings. The third-order valence-corrected chi connectivity index (χ3v) is 3.58. The van der Waals surface area contributed by atoms with Crippen LogP contribution in [0.1, 0.15) is 31.4 Å². The number of benzene rings is 1. The maximum Gasteiger partial charge on any atom is 0.0950 e. The Kier molecular flexibility index (Phi) is 6.11. The molecule has 106 valence electrons. The van der Waals surface area contributed by atoms with E-state index in [2.05, 4.69) is 12.2 Å². The third kappa shape index (κ3) is 4.77. The Morgan fingerprint density at radius 1 is 1.42 bits per heavy atom. The Hall–Kier alpha value is -0.610. The molecule has 1 N–H and O–H groups in total. The average molecular weight is 284 g/mol. The average Bonchev–Trinajstić information content (AvgIpc) is 2.93. The van der Waals surface area contributed by atoms with E-state index in [0.717, 1.165) is 43.1 Å². The summed E-state index contributed by atoms with van der Waals surface area (Å²) >= 11 is 5.92. The summed E-state index contributed by atoms with van der Waals surface area (Å²) in [7, 11) is 0. The van der Waals surface area contributed by atoms with Gasteiger partial charge in [0.15, 0.2) is 0 Å². The first-order valence-electron chi connectivity index (χ1n) is 6.99. The number of likely N-dealkylation sites (N-methyl/N-ethyl adjacent to an activating group) is 1. The fourth-order valence-corrected chi connectivity index (χ4v) is 2.35. The zero-order valence-corrected chi connectivity index (χ0v) is 12.2. The largest absolute Gasteiger partial charge is 0.376 e. The Balaban J connectivity index is 1.91. The Morgan fingerprint density at radius 2 is 2.21 bits per heavy atom. The fourth-order valence-electron chi connectivity index (χ4n) is 2.23. The van der Waals surface area contributed by atoms with Crippen molar-refractivity contribution in [2.75, 3.05) is 26.3 Å². The predicted molar refractivity (Wildman–Crippen MR) is 77.7 cm³/mol. The Morgan fingerprint density at radius 3 is 2.84 bits per heavy atom.